The molecule has 0 fully saturated rings. The summed E-state index contributed by atoms with van der Waals surface area (Å²) in [4.78, 5) is 0. The lowest BCUT2D eigenvalue weighted by Crippen LogP contribution is -1.71. The predicted molar refractivity (Wildman–Crippen MR) is 43.6 cm³/mol. The lowest BCUT2D eigenvalue weighted by atomic mass is 10.4. The summed E-state index contributed by atoms with van der Waals surface area (Å²) in [5, 5.41) is 23.9. The molecule has 0 aromatic rings. The van der Waals surface area contributed by atoms with Crippen molar-refractivity contribution < 1.29 is 0 Å². The van der Waals surface area contributed by atoms with E-state index >= 15 is 0 Å². The van der Waals surface area contributed by atoms with Crippen LogP contribution in [0.1, 0.15) is 13.8 Å². The van der Waals surface area contributed by atoms with E-state index in [1.165, 1.54) is 12.2 Å². The Labute approximate surface area is 71.1 Å². The molecule has 0 aliphatic heterocycles. The second kappa shape index (κ2) is 5.82. The maximum atomic E-state index is 8.41. The fraction of sp³-hybridized carbons (Fsp3) is 0.250. The molecule has 0 rings (SSSR count). The molecule has 0 aromatic heterocycles. The van der Waals surface area contributed by atoms with E-state index in [4.69, 9.17) is 10.5 Å². The first kappa shape index (κ1) is 10.1. The monoisotopic (exact) mass is 160 g/mol. The Morgan fingerprint density at radius 1 is 1.00 bits per heavy atom. The summed E-state index contributed by atoms with van der Waals surface area (Å²) in [7, 11) is 0. The number of azo groups is 1. The minimum atomic E-state index is 0.199. The molecule has 0 saturated heterocycles. The van der Waals surface area contributed by atoms with E-state index in [2.05, 4.69) is 10.2 Å². The number of nitrogens with zero attached hydrogens (tertiary/aromatic N) is 4. The SMILES string of the molecule is C\C=C(C#N)/N=N\C(C#N)=C/C. The van der Waals surface area contributed by atoms with Gasteiger partial charge in [0.05, 0.1) is 0 Å². The molecular formula is C8H8N4. The summed E-state index contributed by atoms with van der Waals surface area (Å²) in [6.07, 6.45) is 3.04. The second-order valence-electron chi connectivity index (χ2n) is 1.77. The van der Waals surface area contributed by atoms with Crippen molar-refractivity contribution in [2.45, 2.75) is 13.8 Å². The maximum absolute atomic E-state index is 8.41. The molecule has 60 valence electrons. The van der Waals surface area contributed by atoms with Crippen LogP contribution in [-0.4, -0.2) is 0 Å². The van der Waals surface area contributed by atoms with Gasteiger partial charge >= 0.3 is 0 Å². The summed E-state index contributed by atoms with van der Waals surface area (Å²) >= 11 is 0. The van der Waals surface area contributed by atoms with Crippen LogP contribution in [0.15, 0.2) is 33.8 Å². The highest BCUT2D eigenvalue weighted by atomic mass is 15.1. The average Bonchev–Trinajstić information content (AvgIpc) is 2.13. The molecule has 0 spiro atoms. The van der Waals surface area contributed by atoms with Gasteiger partial charge in [0.15, 0.2) is 11.4 Å². The van der Waals surface area contributed by atoms with Gasteiger partial charge in [0, 0.05) is 0 Å². The summed E-state index contributed by atoms with van der Waals surface area (Å²) in [5.74, 6) is 0. The van der Waals surface area contributed by atoms with Crippen LogP contribution in [0.5, 0.6) is 0 Å². The van der Waals surface area contributed by atoms with Crippen LogP contribution in [0.25, 0.3) is 0 Å². The summed E-state index contributed by atoms with van der Waals surface area (Å²) in [5.41, 5.74) is 0.397. The maximum Gasteiger partial charge on any atom is 0.158 e. The van der Waals surface area contributed by atoms with Gasteiger partial charge in [-0.2, -0.15) is 10.5 Å². The summed E-state index contributed by atoms with van der Waals surface area (Å²) < 4.78 is 0. The summed E-state index contributed by atoms with van der Waals surface area (Å²) in [6.45, 7) is 3.36. The molecule has 0 bridgehead atoms. The largest absolute Gasteiger partial charge is 0.191 e. The Balaban J connectivity index is 4.48. The van der Waals surface area contributed by atoms with Crippen LogP contribution in [0, 0.1) is 22.7 Å². The molecule has 0 N–H and O–H groups in total. The van der Waals surface area contributed by atoms with Crippen molar-refractivity contribution in [3.05, 3.63) is 23.5 Å². The fourth-order valence-corrected chi connectivity index (χ4v) is 0.397. The molecule has 4 heteroatoms. The van der Waals surface area contributed by atoms with Crippen LogP contribution in [0.4, 0.5) is 0 Å². The van der Waals surface area contributed by atoms with Crippen molar-refractivity contribution in [3.63, 3.8) is 0 Å². The van der Waals surface area contributed by atoms with Gasteiger partial charge in [0.1, 0.15) is 12.1 Å². The number of nitriles is 2. The predicted octanol–water partition coefficient (Wildman–Crippen LogP) is 2.29. The highest BCUT2D eigenvalue weighted by molar-refractivity contribution is 5.21. The first-order valence-electron chi connectivity index (χ1n) is 3.33. The minimum Gasteiger partial charge on any atom is -0.191 e. The van der Waals surface area contributed by atoms with Gasteiger partial charge < -0.3 is 0 Å². The van der Waals surface area contributed by atoms with E-state index in [0.29, 0.717) is 0 Å². The average molecular weight is 160 g/mol. The van der Waals surface area contributed by atoms with E-state index in [-0.39, 0.29) is 11.4 Å². The van der Waals surface area contributed by atoms with E-state index in [9.17, 15) is 0 Å². The third-order valence-electron chi connectivity index (χ3n) is 1.04. The van der Waals surface area contributed by atoms with Gasteiger partial charge in [-0.25, -0.2) is 0 Å². The van der Waals surface area contributed by atoms with Crippen LogP contribution in [0.2, 0.25) is 0 Å². The number of rotatable bonds is 2. The zero-order chi connectivity index (χ0) is 9.40. The van der Waals surface area contributed by atoms with Gasteiger partial charge in [-0.15, -0.1) is 10.2 Å². The van der Waals surface area contributed by atoms with Gasteiger partial charge in [0.25, 0.3) is 0 Å². The number of hydrogen-bond donors (Lipinski definition) is 0. The Morgan fingerprint density at radius 2 is 1.33 bits per heavy atom. The quantitative estimate of drug-likeness (QED) is 0.459. The lowest BCUT2D eigenvalue weighted by molar-refractivity contribution is 1.12. The standard InChI is InChI=1S/C8H8N4/c1-3-7(5-9)11-12-8(4-2)6-10/h3-4H,1-2H3/b7-3-,8-4-,12-11-. The normalized spacial score (nSPS) is 12.7. The number of allylic oxidation sites excluding steroid dienone is 4. The first-order chi connectivity index (χ1) is 5.78. The van der Waals surface area contributed by atoms with Gasteiger partial charge in [0.2, 0.25) is 0 Å². The molecule has 0 amide bonds. The van der Waals surface area contributed by atoms with Crippen LogP contribution in [0.3, 0.4) is 0 Å². The Bertz CT molecular complexity index is 277. The third kappa shape index (κ3) is 3.28. The third-order valence-corrected chi connectivity index (χ3v) is 1.04. The van der Waals surface area contributed by atoms with Crippen molar-refractivity contribution in [1.82, 2.24) is 0 Å². The molecule has 0 aromatic carbocycles. The zero-order valence-corrected chi connectivity index (χ0v) is 6.94. The van der Waals surface area contributed by atoms with Gasteiger partial charge in [-0.1, -0.05) is 0 Å². The fourth-order valence-electron chi connectivity index (χ4n) is 0.397. The molecular weight excluding hydrogens is 152 g/mol. The first-order valence-corrected chi connectivity index (χ1v) is 3.33. The lowest BCUT2D eigenvalue weighted by Gasteiger charge is -1.83. The summed E-state index contributed by atoms with van der Waals surface area (Å²) in [6, 6.07) is 3.64. The van der Waals surface area contributed by atoms with Gasteiger partial charge in [-0.05, 0) is 26.0 Å². The van der Waals surface area contributed by atoms with Crippen LogP contribution < -0.4 is 0 Å². The molecule has 0 atom stereocenters. The van der Waals surface area contributed by atoms with Crippen LogP contribution >= 0.6 is 0 Å². The molecule has 4 nitrogen and oxygen atoms in total. The molecule has 0 saturated carbocycles. The molecule has 0 aliphatic rings. The highest BCUT2D eigenvalue weighted by Gasteiger charge is 1.90. The van der Waals surface area contributed by atoms with E-state index in [0.717, 1.165) is 0 Å². The molecule has 12 heavy (non-hydrogen) atoms. The minimum absolute atomic E-state index is 0.199. The smallest absolute Gasteiger partial charge is 0.158 e. The van der Waals surface area contributed by atoms with Crippen molar-refractivity contribution in [2.75, 3.05) is 0 Å². The highest BCUT2D eigenvalue weighted by Crippen LogP contribution is 2.00. The molecule has 0 unspecified atom stereocenters. The van der Waals surface area contributed by atoms with Crippen molar-refractivity contribution in [3.8, 4) is 12.1 Å². The Kier molecular flexibility index (Phi) is 4.88. The van der Waals surface area contributed by atoms with Crippen molar-refractivity contribution in [1.29, 1.82) is 10.5 Å². The van der Waals surface area contributed by atoms with E-state index in [1.807, 2.05) is 12.1 Å². The topological polar surface area (TPSA) is 72.3 Å². The van der Waals surface area contributed by atoms with Crippen LogP contribution in [-0.2, 0) is 0 Å². The molecule has 0 heterocycles. The Morgan fingerprint density at radius 3 is 1.50 bits per heavy atom. The van der Waals surface area contributed by atoms with Crippen molar-refractivity contribution in [2.24, 2.45) is 10.2 Å². The second-order valence-corrected chi connectivity index (χ2v) is 1.77. The van der Waals surface area contributed by atoms with Gasteiger partial charge in [-0.3, -0.25) is 0 Å². The Hall–Kier alpha value is -1.94. The van der Waals surface area contributed by atoms with E-state index < -0.39 is 0 Å². The molecule has 0 radical (unpaired) electrons. The molecule has 0 aliphatic carbocycles. The van der Waals surface area contributed by atoms with Crippen molar-refractivity contribution >= 4 is 0 Å². The number of hydrogen-bond acceptors (Lipinski definition) is 4. The van der Waals surface area contributed by atoms with E-state index in [1.54, 1.807) is 13.8 Å². The zero-order valence-electron chi connectivity index (χ0n) is 6.94.